The second-order valence-corrected chi connectivity index (χ2v) is 2.71. The zero-order valence-electron chi connectivity index (χ0n) is 4.74. The minimum absolute atomic E-state index is 0.0139. The Kier molecular flexibility index (Phi) is 0.637. The van der Waals surface area contributed by atoms with E-state index in [0.717, 1.165) is 25.8 Å². The van der Waals surface area contributed by atoms with Crippen molar-refractivity contribution in [2.24, 2.45) is 0 Å². The monoisotopic (exact) mass is 111 g/mol. The third kappa shape index (κ3) is 0.388. The maximum atomic E-state index is 10.9. The van der Waals surface area contributed by atoms with E-state index in [-0.39, 0.29) is 5.54 Å². The van der Waals surface area contributed by atoms with Crippen LogP contribution in [0.1, 0.15) is 19.3 Å². The van der Waals surface area contributed by atoms with E-state index in [9.17, 15) is 4.79 Å². The molecule has 2 fully saturated rings. The van der Waals surface area contributed by atoms with Gasteiger partial charge in [0.25, 0.3) is 0 Å². The second kappa shape index (κ2) is 1.13. The Bertz CT molecular complexity index is 137. The predicted octanol–water partition coefficient (Wildman–Crippen LogP) is 0.0814. The minimum atomic E-state index is 0.0139. The molecule has 0 bridgehead atoms. The van der Waals surface area contributed by atoms with Crippen LogP contribution < -0.4 is 5.32 Å². The highest BCUT2D eigenvalue weighted by Gasteiger charge is 2.51. The van der Waals surface area contributed by atoms with Crippen molar-refractivity contribution in [1.82, 2.24) is 5.32 Å². The molecule has 0 radical (unpaired) electrons. The summed E-state index contributed by atoms with van der Waals surface area (Å²) in [5.74, 6) is 0.442. The number of carbonyl (C=O) groups is 1. The van der Waals surface area contributed by atoms with Crippen molar-refractivity contribution in [2.75, 3.05) is 6.54 Å². The zero-order chi connectivity index (χ0) is 5.61. The Morgan fingerprint density at radius 1 is 1.62 bits per heavy atom. The van der Waals surface area contributed by atoms with Gasteiger partial charge < -0.3 is 5.32 Å². The quantitative estimate of drug-likeness (QED) is 0.450. The molecule has 0 aromatic rings. The summed E-state index contributed by atoms with van der Waals surface area (Å²) in [6.45, 7) is 0.950. The van der Waals surface area contributed by atoms with Crippen molar-refractivity contribution >= 4 is 5.78 Å². The molecular weight excluding hydrogens is 102 g/mol. The van der Waals surface area contributed by atoms with Crippen molar-refractivity contribution in [3.8, 4) is 0 Å². The van der Waals surface area contributed by atoms with Crippen LogP contribution in [0.25, 0.3) is 0 Å². The van der Waals surface area contributed by atoms with E-state index in [4.69, 9.17) is 0 Å². The topological polar surface area (TPSA) is 39.0 Å². The van der Waals surface area contributed by atoms with Crippen LogP contribution >= 0.6 is 0 Å². The molecule has 1 atom stereocenters. The maximum absolute atomic E-state index is 10.9. The lowest BCUT2D eigenvalue weighted by atomic mass is 10.1. The number of ketones is 1. The fourth-order valence-corrected chi connectivity index (χ4v) is 1.41. The highest BCUT2D eigenvalue weighted by Crippen LogP contribution is 2.33. The summed E-state index contributed by atoms with van der Waals surface area (Å²) in [6.07, 6.45) is 3.00. The van der Waals surface area contributed by atoms with Crippen LogP contribution in [0, 0.1) is 0 Å². The highest BCUT2D eigenvalue weighted by atomic mass is 16.1. The third-order valence-corrected chi connectivity index (χ3v) is 2.14. The van der Waals surface area contributed by atoms with Gasteiger partial charge in [-0.3, -0.25) is 4.79 Å². The van der Waals surface area contributed by atoms with Crippen LogP contribution in [-0.2, 0) is 4.79 Å². The summed E-state index contributed by atoms with van der Waals surface area (Å²) in [6, 6.07) is 0. The molecule has 1 heterocycles. The Morgan fingerprint density at radius 2 is 2.38 bits per heavy atom. The molecule has 0 amide bonds. The molecular formula is C6H9NO. The normalized spacial score (nSPS) is 43.8. The van der Waals surface area contributed by atoms with E-state index in [1.54, 1.807) is 0 Å². The summed E-state index contributed by atoms with van der Waals surface area (Å²) in [7, 11) is 0. The van der Waals surface area contributed by atoms with E-state index < -0.39 is 0 Å². The SMILES string of the molecule is O=C1CCCC12CN2. The van der Waals surface area contributed by atoms with Crippen LogP contribution in [0.4, 0.5) is 0 Å². The molecule has 0 aromatic carbocycles. The van der Waals surface area contributed by atoms with Gasteiger partial charge in [-0.1, -0.05) is 0 Å². The Labute approximate surface area is 48.3 Å². The number of rotatable bonds is 0. The Balaban J connectivity index is 2.23. The van der Waals surface area contributed by atoms with Crippen LogP contribution in [0.5, 0.6) is 0 Å². The van der Waals surface area contributed by atoms with E-state index in [0.29, 0.717) is 5.78 Å². The first-order valence-corrected chi connectivity index (χ1v) is 3.12. The molecule has 8 heavy (non-hydrogen) atoms. The van der Waals surface area contributed by atoms with E-state index in [2.05, 4.69) is 5.32 Å². The Morgan fingerprint density at radius 3 is 2.62 bits per heavy atom. The van der Waals surface area contributed by atoms with Crippen molar-refractivity contribution < 1.29 is 4.79 Å². The van der Waals surface area contributed by atoms with Gasteiger partial charge in [-0.05, 0) is 12.8 Å². The van der Waals surface area contributed by atoms with Crippen LogP contribution in [-0.4, -0.2) is 17.9 Å². The smallest absolute Gasteiger partial charge is 0.154 e. The van der Waals surface area contributed by atoms with Gasteiger partial charge >= 0.3 is 0 Å². The van der Waals surface area contributed by atoms with Gasteiger partial charge in [-0.2, -0.15) is 0 Å². The van der Waals surface area contributed by atoms with Crippen LogP contribution in [0.2, 0.25) is 0 Å². The lowest BCUT2D eigenvalue weighted by molar-refractivity contribution is -0.119. The second-order valence-electron chi connectivity index (χ2n) is 2.71. The fourth-order valence-electron chi connectivity index (χ4n) is 1.41. The third-order valence-electron chi connectivity index (χ3n) is 2.14. The summed E-state index contributed by atoms with van der Waals surface area (Å²) in [5.41, 5.74) is 0.0139. The molecule has 44 valence electrons. The molecule has 1 unspecified atom stereocenters. The molecule has 2 rings (SSSR count). The summed E-state index contributed by atoms with van der Waals surface area (Å²) >= 11 is 0. The van der Waals surface area contributed by atoms with Crippen LogP contribution in [0.15, 0.2) is 0 Å². The van der Waals surface area contributed by atoms with Crippen LogP contribution in [0.3, 0.4) is 0 Å². The summed E-state index contributed by atoms with van der Waals surface area (Å²) in [5, 5.41) is 3.11. The van der Waals surface area contributed by atoms with Gasteiger partial charge in [0.2, 0.25) is 0 Å². The highest BCUT2D eigenvalue weighted by molar-refractivity contribution is 5.93. The average Bonchev–Trinajstić information content (AvgIpc) is 2.39. The van der Waals surface area contributed by atoms with E-state index >= 15 is 0 Å². The van der Waals surface area contributed by atoms with Gasteiger partial charge in [-0.25, -0.2) is 0 Å². The van der Waals surface area contributed by atoms with Crippen molar-refractivity contribution in [3.05, 3.63) is 0 Å². The fraction of sp³-hybridized carbons (Fsp3) is 0.833. The predicted molar refractivity (Wildman–Crippen MR) is 29.6 cm³/mol. The molecule has 1 aliphatic carbocycles. The first-order chi connectivity index (χ1) is 3.83. The van der Waals surface area contributed by atoms with Gasteiger partial charge in [0.1, 0.15) is 0 Å². The minimum Gasteiger partial charge on any atom is -0.302 e. The van der Waals surface area contributed by atoms with E-state index in [1.165, 1.54) is 0 Å². The number of nitrogens with one attached hydrogen (secondary N) is 1. The van der Waals surface area contributed by atoms with Crippen molar-refractivity contribution in [1.29, 1.82) is 0 Å². The first-order valence-electron chi connectivity index (χ1n) is 3.12. The zero-order valence-corrected chi connectivity index (χ0v) is 4.74. The van der Waals surface area contributed by atoms with Gasteiger partial charge in [0.15, 0.2) is 5.78 Å². The molecule has 2 aliphatic rings. The van der Waals surface area contributed by atoms with Crippen molar-refractivity contribution in [3.63, 3.8) is 0 Å². The molecule has 1 saturated heterocycles. The van der Waals surface area contributed by atoms with Gasteiger partial charge in [0, 0.05) is 13.0 Å². The number of carbonyl (C=O) groups excluding carboxylic acids is 1. The summed E-state index contributed by atoms with van der Waals surface area (Å²) in [4.78, 5) is 10.9. The van der Waals surface area contributed by atoms with Gasteiger partial charge in [-0.15, -0.1) is 0 Å². The number of Topliss-reactive ketones (excluding diaryl/α,β-unsaturated/α-hetero) is 1. The molecule has 1 spiro atoms. The molecule has 1 aliphatic heterocycles. The Hall–Kier alpha value is -0.370. The largest absolute Gasteiger partial charge is 0.302 e. The first kappa shape index (κ1) is 4.50. The maximum Gasteiger partial charge on any atom is 0.154 e. The number of hydrogen-bond acceptors (Lipinski definition) is 2. The lowest BCUT2D eigenvalue weighted by Gasteiger charge is -1.95. The molecule has 0 aromatic heterocycles. The van der Waals surface area contributed by atoms with Crippen molar-refractivity contribution in [2.45, 2.75) is 24.8 Å². The van der Waals surface area contributed by atoms with E-state index in [1.807, 2.05) is 0 Å². The molecule has 1 saturated carbocycles. The summed E-state index contributed by atoms with van der Waals surface area (Å²) < 4.78 is 0. The number of hydrogen-bond donors (Lipinski definition) is 1. The molecule has 2 nitrogen and oxygen atoms in total. The molecule has 1 N–H and O–H groups in total. The van der Waals surface area contributed by atoms with Gasteiger partial charge in [0.05, 0.1) is 5.54 Å². The standard InChI is InChI=1S/C6H9NO/c8-5-2-1-3-6(5)4-7-6/h7H,1-4H2. The average molecular weight is 111 g/mol. The molecule has 2 heteroatoms. The lowest BCUT2D eigenvalue weighted by Crippen LogP contribution is -2.19.